The zero-order valence-electron chi connectivity index (χ0n) is 13.8. The van der Waals surface area contributed by atoms with Crippen molar-refractivity contribution in [3.63, 3.8) is 0 Å². The summed E-state index contributed by atoms with van der Waals surface area (Å²) in [5.74, 6) is -1.75. The first kappa shape index (κ1) is 21.6. The van der Waals surface area contributed by atoms with Crippen molar-refractivity contribution in [1.29, 1.82) is 0 Å². The standard InChI is InChI=1S/C17H12F6N2O2S/c18-16(19,20)9-5-10(17(21,22)23)7-11(6-9)25-15(27)12-3-1-2-4-13(12)28-8-14(24)26/h1-7H,8H2,(H2,24,26)(H,25,27). The lowest BCUT2D eigenvalue weighted by atomic mass is 10.1. The molecule has 0 unspecified atom stereocenters. The summed E-state index contributed by atoms with van der Waals surface area (Å²) in [5.41, 5.74) is 1.24. The Labute approximate surface area is 159 Å². The molecule has 4 nitrogen and oxygen atoms in total. The molecule has 2 amide bonds. The molecule has 0 radical (unpaired) electrons. The summed E-state index contributed by atoms with van der Waals surface area (Å²) in [4.78, 5) is 23.6. The van der Waals surface area contributed by atoms with Crippen LogP contribution in [0.2, 0.25) is 0 Å². The van der Waals surface area contributed by atoms with Gasteiger partial charge in [-0.25, -0.2) is 0 Å². The largest absolute Gasteiger partial charge is 0.416 e. The van der Waals surface area contributed by atoms with Crippen molar-refractivity contribution in [2.45, 2.75) is 17.2 Å². The van der Waals surface area contributed by atoms with Crippen molar-refractivity contribution in [1.82, 2.24) is 0 Å². The van der Waals surface area contributed by atoms with Gasteiger partial charge in [0.15, 0.2) is 0 Å². The third-order valence-corrected chi connectivity index (χ3v) is 4.44. The molecule has 3 N–H and O–H groups in total. The van der Waals surface area contributed by atoms with E-state index in [-0.39, 0.29) is 17.4 Å². The molecule has 11 heteroatoms. The van der Waals surface area contributed by atoms with E-state index < -0.39 is 41.0 Å². The van der Waals surface area contributed by atoms with Crippen molar-refractivity contribution >= 4 is 29.3 Å². The van der Waals surface area contributed by atoms with Crippen LogP contribution in [-0.2, 0) is 17.1 Å². The highest BCUT2D eigenvalue weighted by atomic mass is 32.2. The highest BCUT2D eigenvalue weighted by molar-refractivity contribution is 8.00. The quantitative estimate of drug-likeness (QED) is 0.549. The van der Waals surface area contributed by atoms with Gasteiger partial charge in [0.25, 0.3) is 5.91 Å². The molecule has 28 heavy (non-hydrogen) atoms. The number of rotatable bonds is 5. The molecular formula is C17H12F6N2O2S. The Morgan fingerprint density at radius 3 is 1.96 bits per heavy atom. The number of thioether (sulfide) groups is 1. The maximum absolute atomic E-state index is 12.9. The molecule has 2 aromatic rings. The van der Waals surface area contributed by atoms with Crippen LogP contribution in [0.25, 0.3) is 0 Å². The zero-order valence-corrected chi connectivity index (χ0v) is 14.6. The SMILES string of the molecule is NC(=O)CSc1ccccc1C(=O)Nc1cc(C(F)(F)F)cc(C(F)(F)F)c1. The molecule has 0 atom stereocenters. The number of hydrogen-bond acceptors (Lipinski definition) is 3. The molecule has 2 rings (SSSR count). The summed E-state index contributed by atoms with van der Waals surface area (Å²) in [6, 6.07) is 6.57. The van der Waals surface area contributed by atoms with Gasteiger partial charge in [0.05, 0.1) is 22.4 Å². The summed E-state index contributed by atoms with van der Waals surface area (Å²) in [6.45, 7) is 0. The Hall–Kier alpha value is -2.69. The predicted octanol–water partition coefficient (Wildman–Crippen LogP) is 4.55. The van der Waals surface area contributed by atoms with E-state index in [0.29, 0.717) is 17.0 Å². The number of nitrogens with one attached hydrogen (secondary N) is 1. The van der Waals surface area contributed by atoms with Crippen LogP contribution in [0, 0.1) is 0 Å². The number of benzene rings is 2. The lowest BCUT2D eigenvalue weighted by Gasteiger charge is -2.15. The Kier molecular flexibility index (Phi) is 6.27. The second-order valence-corrected chi connectivity index (χ2v) is 6.52. The van der Waals surface area contributed by atoms with E-state index in [2.05, 4.69) is 0 Å². The van der Waals surface area contributed by atoms with Crippen molar-refractivity contribution in [3.05, 3.63) is 59.2 Å². The fraction of sp³-hybridized carbons (Fsp3) is 0.176. The molecule has 0 aromatic heterocycles. The maximum Gasteiger partial charge on any atom is 0.416 e. The van der Waals surface area contributed by atoms with Crippen LogP contribution in [-0.4, -0.2) is 17.6 Å². The molecule has 150 valence electrons. The van der Waals surface area contributed by atoms with E-state index in [4.69, 9.17) is 5.73 Å². The van der Waals surface area contributed by atoms with Gasteiger partial charge in [-0.05, 0) is 30.3 Å². The fourth-order valence-electron chi connectivity index (χ4n) is 2.15. The third-order valence-electron chi connectivity index (χ3n) is 3.35. The van der Waals surface area contributed by atoms with E-state index in [1.165, 1.54) is 18.2 Å². The number of carbonyl (C=O) groups is 2. The lowest BCUT2D eigenvalue weighted by Crippen LogP contribution is -2.17. The van der Waals surface area contributed by atoms with E-state index >= 15 is 0 Å². The van der Waals surface area contributed by atoms with Gasteiger partial charge in [0, 0.05) is 10.6 Å². The number of primary amides is 1. The monoisotopic (exact) mass is 422 g/mol. The fourth-order valence-corrected chi connectivity index (χ4v) is 2.94. The van der Waals surface area contributed by atoms with Crippen molar-refractivity contribution < 1.29 is 35.9 Å². The van der Waals surface area contributed by atoms with E-state index in [9.17, 15) is 35.9 Å². The van der Waals surface area contributed by atoms with Crippen LogP contribution < -0.4 is 11.1 Å². The molecule has 0 aliphatic rings. The Morgan fingerprint density at radius 1 is 0.929 bits per heavy atom. The number of hydrogen-bond donors (Lipinski definition) is 2. The van der Waals surface area contributed by atoms with Gasteiger partial charge in [0.2, 0.25) is 5.91 Å². The Morgan fingerprint density at radius 2 is 1.46 bits per heavy atom. The van der Waals surface area contributed by atoms with Crippen molar-refractivity contribution in [2.75, 3.05) is 11.1 Å². The van der Waals surface area contributed by atoms with Crippen molar-refractivity contribution in [3.8, 4) is 0 Å². The molecular weight excluding hydrogens is 410 g/mol. The first-order chi connectivity index (χ1) is 12.9. The molecule has 0 bridgehead atoms. The minimum absolute atomic E-state index is 0.0280. The summed E-state index contributed by atoms with van der Waals surface area (Å²) in [6.07, 6.45) is -10.1. The van der Waals surface area contributed by atoms with E-state index in [1.54, 1.807) is 6.07 Å². The molecule has 0 aliphatic heterocycles. The third kappa shape index (κ3) is 5.65. The number of carbonyl (C=O) groups excluding carboxylic acids is 2. The number of anilines is 1. The summed E-state index contributed by atoms with van der Waals surface area (Å²) >= 11 is 0.913. The topological polar surface area (TPSA) is 72.2 Å². The van der Waals surface area contributed by atoms with Crippen LogP contribution in [0.15, 0.2) is 47.4 Å². The Balaban J connectivity index is 2.38. The van der Waals surface area contributed by atoms with Gasteiger partial charge in [-0.1, -0.05) is 12.1 Å². The molecule has 0 saturated heterocycles. The molecule has 2 aromatic carbocycles. The molecule has 0 heterocycles. The summed E-state index contributed by atoms with van der Waals surface area (Å²) < 4.78 is 77.5. The van der Waals surface area contributed by atoms with Gasteiger partial charge < -0.3 is 11.1 Å². The number of nitrogens with two attached hydrogens (primary N) is 1. The highest BCUT2D eigenvalue weighted by Crippen LogP contribution is 2.37. The van der Waals surface area contributed by atoms with Crippen molar-refractivity contribution in [2.24, 2.45) is 5.73 Å². The first-order valence-electron chi connectivity index (χ1n) is 7.49. The minimum Gasteiger partial charge on any atom is -0.369 e. The van der Waals surface area contributed by atoms with Crippen LogP contribution in [0.4, 0.5) is 32.0 Å². The summed E-state index contributed by atoms with van der Waals surface area (Å²) in [7, 11) is 0. The highest BCUT2D eigenvalue weighted by Gasteiger charge is 2.37. The minimum atomic E-state index is -5.03. The van der Waals surface area contributed by atoms with Gasteiger partial charge in [-0.2, -0.15) is 26.3 Å². The van der Waals surface area contributed by atoms with Gasteiger partial charge in [-0.15, -0.1) is 11.8 Å². The maximum atomic E-state index is 12.9. The molecule has 0 aliphatic carbocycles. The predicted molar refractivity (Wildman–Crippen MR) is 90.8 cm³/mol. The molecule has 0 fully saturated rings. The number of alkyl halides is 6. The normalized spacial score (nSPS) is 11.9. The second kappa shape index (κ2) is 8.13. The van der Waals surface area contributed by atoms with E-state index in [0.717, 1.165) is 11.8 Å². The van der Waals surface area contributed by atoms with Gasteiger partial charge in [0.1, 0.15) is 0 Å². The average molecular weight is 422 g/mol. The van der Waals surface area contributed by atoms with Crippen LogP contribution in [0.3, 0.4) is 0 Å². The van der Waals surface area contributed by atoms with Gasteiger partial charge >= 0.3 is 12.4 Å². The number of amides is 2. The van der Waals surface area contributed by atoms with Gasteiger partial charge in [-0.3, -0.25) is 9.59 Å². The summed E-state index contributed by atoms with van der Waals surface area (Å²) in [5, 5.41) is 2.04. The lowest BCUT2D eigenvalue weighted by molar-refractivity contribution is -0.143. The molecule has 0 spiro atoms. The first-order valence-corrected chi connectivity index (χ1v) is 8.47. The van der Waals surface area contributed by atoms with Crippen LogP contribution in [0.5, 0.6) is 0 Å². The Bertz CT molecular complexity index is 864. The smallest absolute Gasteiger partial charge is 0.369 e. The second-order valence-electron chi connectivity index (χ2n) is 5.50. The zero-order chi connectivity index (χ0) is 21.1. The molecule has 0 saturated carbocycles. The average Bonchev–Trinajstić information content (AvgIpc) is 2.58. The van der Waals surface area contributed by atoms with E-state index in [1.807, 2.05) is 5.32 Å². The number of halogens is 6. The van der Waals surface area contributed by atoms with Crippen LogP contribution in [0.1, 0.15) is 21.5 Å². The van der Waals surface area contributed by atoms with Crippen LogP contribution >= 0.6 is 11.8 Å².